The van der Waals surface area contributed by atoms with Crippen LogP contribution in [0.2, 0.25) is 5.76 Å². The molecular formula is C10H14Ge. The SMILES string of the molecule is [CH3][Ge][c]1c(C)cc(C)cc1C. The van der Waals surface area contributed by atoms with Gasteiger partial charge in [0.1, 0.15) is 0 Å². The maximum absolute atomic E-state index is 2.34. The third-order valence-electron chi connectivity index (χ3n) is 1.93. The predicted molar refractivity (Wildman–Crippen MR) is 51.9 cm³/mol. The molecule has 0 saturated heterocycles. The third-order valence-corrected chi connectivity index (χ3v) is 4.63. The summed E-state index contributed by atoms with van der Waals surface area (Å²) in [6, 6.07) is 4.57. The number of hydrogen-bond acceptors (Lipinski definition) is 0. The summed E-state index contributed by atoms with van der Waals surface area (Å²) >= 11 is 0.131. The van der Waals surface area contributed by atoms with Gasteiger partial charge in [-0.15, -0.1) is 0 Å². The van der Waals surface area contributed by atoms with Crippen molar-refractivity contribution in [1.29, 1.82) is 0 Å². The van der Waals surface area contributed by atoms with Crippen LogP contribution in [0.3, 0.4) is 0 Å². The minimum absolute atomic E-state index is 0.131. The molecule has 1 aromatic rings. The van der Waals surface area contributed by atoms with Gasteiger partial charge in [0.25, 0.3) is 0 Å². The second-order valence-corrected chi connectivity index (χ2v) is 5.12. The summed E-state index contributed by atoms with van der Waals surface area (Å²) in [5.74, 6) is 2.34. The molecule has 0 fully saturated rings. The molecule has 0 nitrogen and oxygen atoms in total. The molecule has 0 aliphatic carbocycles. The van der Waals surface area contributed by atoms with Crippen molar-refractivity contribution in [3.63, 3.8) is 0 Å². The zero-order chi connectivity index (χ0) is 8.43. The van der Waals surface area contributed by atoms with E-state index in [-0.39, 0.29) is 15.4 Å². The summed E-state index contributed by atoms with van der Waals surface area (Å²) in [7, 11) is 0. The third kappa shape index (κ3) is 1.86. The van der Waals surface area contributed by atoms with Crippen LogP contribution in [-0.4, -0.2) is 15.4 Å². The fraction of sp³-hybridized carbons (Fsp3) is 0.400. The van der Waals surface area contributed by atoms with Gasteiger partial charge in [-0.2, -0.15) is 0 Å². The van der Waals surface area contributed by atoms with Crippen molar-refractivity contribution >= 4 is 19.8 Å². The van der Waals surface area contributed by atoms with Crippen LogP contribution in [-0.2, 0) is 0 Å². The second kappa shape index (κ2) is 3.44. The van der Waals surface area contributed by atoms with Crippen molar-refractivity contribution in [2.45, 2.75) is 26.5 Å². The average Bonchev–Trinajstić information content (AvgIpc) is 1.85. The molecule has 0 N–H and O–H groups in total. The van der Waals surface area contributed by atoms with Gasteiger partial charge in [0, 0.05) is 0 Å². The summed E-state index contributed by atoms with van der Waals surface area (Å²) in [6.45, 7) is 6.62. The van der Waals surface area contributed by atoms with E-state index in [2.05, 4.69) is 38.7 Å². The van der Waals surface area contributed by atoms with Gasteiger partial charge >= 0.3 is 75.2 Å². The Morgan fingerprint density at radius 3 is 1.82 bits per heavy atom. The van der Waals surface area contributed by atoms with Crippen LogP contribution in [0.5, 0.6) is 0 Å². The molecule has 1 aromatic carbocycles. The molecule has 0 amide bonds. The molecule has 1 rings (SSSR count). The van der Waals surface area contributed by atoms with Gasteiger partial charge < -0.3 is 0 Å². The fourth-order valence-corrected chi connectivity index (χ4v) is 3.53. The number of aryl methyl sites for hydroxylation is 3. The molecule has 0 saturated carbocycles. The molecule has 58 valence electrons. The van der Waals surface area contributed by atoms with Crippen LogP contribution in [0.25, 0.3) is 0 Å². The Kier molecular flexibility index (Phi) is 2.77. The molecule has 0 aliphatic heterocycles. The quantitative estimate of drug-likeness (QED) is 0.617. The van der Waals surface area contributed by atoms with Gasteiger partial charge in [0.2, 0.25) is 0 Å². The molecule has 0 heterocycles. The van der Waals surface area contributed by atoms with E-state index in [9.17, 15) is 0 Å². The van der Waals surface area contributed by atoms with Gasteiger partial charge in [-0.1, -0.05) is 0 Å². The predicted octanol–water partition coefficient (Wildman–Crippen LogP) is 1.99. The Labute approximate surface area is 75.5 Å². The van der Waals surface area contributed by atoms with Crippen LogP contribution >= 0.6 is 0 Å². The van der Waals surface area contributed by atoms with E-state index in [4.69, 9.17) is 0 Å². The molecular weight excluding hydrogens is 193 g/mol. The van der Waals surface area contributed by atoms with Crippen molar-refractivity contribution < 1.29 is 0 Å². The molecule has 0 bridgehead atoms. The van der Waals surface area contributed by atoms with Crippen molar-refractivity contribution in [2.24, 2.45) is 0 Å². The van der Waals surface area contributed by atoms with E-state index >= 15 is 0 Å². The van der Waals surface area contributed by atoms with E-state index in [1.807, 2.05) is 0 Å². The molecule has 0 spiro atoms. The molecule has 0 atom stereocenters. The first kappa shape index (κ1) is 8.86. The van der Waals surface area contributed by atoms with E-state index in [1.165, 1.54) is 16.7 Å². The van der Waals surface area contributed by atoms with Crippen molar-refractivity contribution in [1.82, 2.24) is 0 Å². The maximum atomic E-state index is 2.34. The minimum atomic E-state index is 0.131. The molecule has 2 radical (unpaired) electrons. The van der Waals surface area contributed by atoms with Crippen LogP contribution in [0.1, 0.15) is 16.7 Å². The Bertz CT molecular complexity index is 241. The Hall–Kier alpha value is -0.237. The molecule has 0 unspecified atom stereocenters. The van der Waals surface area contributed by atoms with Gasteiger partial charge in [0.15, 0.2) is 0 Å². The number of hydrogen-bond donors (Lipinski definition) is 0. The first-order valence-electron chi connectivity index (χ1n) is 3.90. The second-order valence-electron chi connectivity index (χ2n) is 3.02. The Morgan fingerprint density at radius 2 is 1.45 bits per heavy atom. The van der Waals surface area contributed by atoms with Crippen LogP contribution < -0.4 is 4.40 Å². The summed E-state index contributed by atoms with van der Waals surface area (Å²) < 4.78 is 1.63. The van der Waals surface area contributed by atoms with E-state index in [0.29, 0.717) is 0 Å². The van der Waals surface area contributed by atoms with E-state index in [0.717, 1.165) is 0 Å². The summed E-state index contributed by atoms with van der Waals surface area (Å²) in [4.78, 5) is 0. The summed E-state index contributed by atoms with van der Waals surface area (Å²) in [5.41, 5.74) is 4.37. The van der Waals surface area contributed by atoms with Gasteiger partial charge in [0.05, 0.1) is 0 Å². The van der Waals surface area contributed by atoms with Gasteiger partial charge in [-0.3, -0.25) is 0 Å². The average molecular weight is 207 g/mol. The standard InChI is InChI=1S/C10H14Ge/c1-7-5-8(2)10(11-4)9(3)6-7/h5-6H,1-4H3. The van der Waals surface area contributed by atoms with E-state index < -0.39 is 0 Å². The molecule has 11 heavy (non-hydrogen) atoms. The normalized spacial score (nSPS) is 10.2. The Balaban J connectivity index is 3.25. The van der Waals surface area contributed by atoms with Gasteiger partial charge in [-0.05, 0) is 0 Å². The molecule has 0 aromatic heterocycles. The monoisotopic (exact) mass is 208 g/mol. The fourth-order valence-electron chi connectivity index (χ4n) is 1.57. The Morgan fingerprint density at radius 1 is 1.00 bits per heavy atom. The summed E-state index contributed by atoms with van der Waals surface area (Å²) in [6.07, 6.45) is 0. The van der Waals surface area contributed by atoms with E-state index in [1.54, 1.807) is 4.40 Å². The van der Waals surface area contributed by atoms with Crippen LogP contribution in [0.4, 0.5) is 0 Å². The van der Waals surface area contributed by atoms with Crippen molar-refractivity contribution in [3.05, 3.63) is 28.8 Å². The summed E-state index contributed by atoms with van der Waals surface area (Å²) in [5, 5.41) is 0. The van der Waals surface area contributed by atoms with Crippen LogP contribution in [0, 0.1) is 20.8 Å². The zero-order valence-electron chi connectivity index (χ0n) is 7.65. The first-order chi connectivity index (χ1) is 5.15. The molecule has 0 aliphatic rings. The van der Waals surface area contributed by atoms with Crippen LogP contribution in [0.15, 0.2) is 12.1 Å². The van der Waals surface area contributed by atoms with Crippen molar-refractivity contribution in [3.8, 4) is 0 Å². The van der Waals surface area contributed by atoms with Crippen molar-refractivity contribution in [2.75, 3.05) is 0 Å². The first-order valence-corrected chi connectivity index (χ1v) is 7.05. The zero-order valence-corrected chi connectivity index (χ0v) is 9.75. The topological polar surface area (TPSA) is 0 Å². The van der Waals surface area contributed by atoms with Gasteiger partial charge in [-0.25, -0.2) is 0 Å². The number of benzene rings is 1. The molecule has 1 heteroatoms. The number of rotatable bonds is 1.